The van der Waals surface area contributed by atoms with Crippen molar-refractivity contribution in [3.63, 3.8) is 0 Å². The van der Waals surface area contributed by atoms with Crippen LogP contribution in [0.4, 0.5) is 11.4 Å². The summed E-state index contributed by atoms with van der Waals surface area (Å²) >= 11 is 1.24. The van der Waals surface area contributed by atoms with Gasteiger partial charge in [-0.2, -0.15) is 0 Å². The van der Waals surface area contributed by atoms with Gasteiger partial charge >= 0.3 is 0 Å². The summed E-state index contributed by atoms with van der Waals surface area (Å²) in [5.74, 6) is 1.29. The lowest BCUT2D eigenvalue weighted by molar-refractivity contribution is -0.384. The van der Waals surface area contributed by atoms with Crippen molar-refractivity contribution < 1.29 is 14.1 Å². The molecule has 1 N–H and O–H groups in total. The topological polar surface area (TPSA) is 116 Å². The van der Waals surface area contributed by atoms with Gasteiger partial charge in [0.25, 0.3) is 5.69 Å². The highest BCUT2D eigenvalue weighted by Crippen LogP contribution is 2.26. The molecule has 0 aliphatic carbocycles. The largest absolute Gasteiger partial charge is 0.469 e. The summed E-state index contributed by atoms with van der Waals surface area (Å²) in [5, 5.41) is 22.2. The molecular formula is C16H15N5O4S. The first-order valence-electron chi connectivity index (χ1n) is 7.56. The second-order valence-corrected chi connectivity index (χ2v) is 6.34. The summed E-state index contributed by atoms with van der Waals surface area (Å²) in [4.78, 5) is 22.2. The van der Waals surface area contributed by atoms with Crippen LogP contribution in [0.15, 0.2) is 46.2 Å². The molecule has 10 heteroatoms. The lowest BCUT2D eigenvalue weighted by atomic mass is 10.2. The minimum Gasteiger partial charge on any atom is -0.469 e. The third kappa shape index (κ3) is 3.75. The van der Waals surface area contributed by atoms with E-state index in [2.05, 4.69) is 15.5 Å². The van der Waals surface area contributed by atoms with Gasteiger partial charge in [0.15, 0.2) is 11.0 Å². The number of non-ortho nitro benzene ring substituents is 1. The summed E-state index contributed by atoms with van der Waals surface area (Å²) < 4.78 is 7.07. The van der Waals surface area contributed by atoms with Crippen molar-refractivity contribution in [2.75, 3.05) is 11.1 Å². The van der Waals surface area contributed by atoms with Crippen LogP contribution in [0.5, 0.6) is 0 Å². The maximum Gasteiger partial charge on any atom is 0.269 e. The monoisotopic (exact) mass is 373 g/mol. The third-order valence-electron chi connectivity index (χ3n) is 3.63. The Morgan fingerprint density at radius 1 is 1.31 bits per heavy atom. The average molecular weight is 373 g/mol. The van der Waals surface area contributed by atoms with E-state index in [9.17, 15) is 14.9 Å². The highest BCUT2D eigenvalue weighted by molar-refractivity contribution is 7.99. The summed E-state index contributed by atoms with van der Waals surface area (Å²) in [7, 11) is 1.82. The van der Waals surface area contributed by atoms with Gasteiger partial charge in [0.1, 0.15) is 5.76 Å². The molecule has 9 nitrogen and oxygen atoms in total. The van der Waals surface area contributed by atoms with Gasteiger partial charge in [0, 0.05) is 24.9 Å². The van der Waals surface area contributed by atoms with E-state index < -0.39 is 4.92 Å². The fraction of sp³-hybridized carbons (Fsp3) is 0.188. The van der Waals surface area contributed by atoms with E-state index in [0.29, 0.717) is 16.7 Å². The number of nitrogens with one attached hydrogen (secondary N) is 1. The van der Waals surface area contributed by atoms with Crippen molar-refractivity contribution in [2.24, 2.45) is 7.05 Å². The van der Waals surface area contributed by atoms with Crippen molar-refractivity contribution in [3.05, 3.63) is 52.5 Å². The summed E-state index contributed by atoms with van der Waals surface area (Å²) in [5.41, 5.74) is 1.31. The molecule has 26 heavy (non-hydrogen) atoms. The van der Waals surface area contributed by atoms with Crippen LogP contribution in [-0.2, 0) is 11.8 Å². The lowest BCUT2D eigenvalue weighted by Gasteiger charge is -2.05. The van der Waals surface area contributed by atoms with Crippen LogP contribution in [-0.4, -0.2) is 31.3 Å². The molecule has 0 aliphatic heterocycles. The molecule has 2 heterocycles. The minimum atomic E-state index is -0.491. The third-order valence-corrected chi connectivity index (χ3v) is 4.65. The van der Waals surface area contributed by atoms with Crippen molar-refractivity contribution >= 4 is 29.0 Å². The summed E-state index contributed by atoms with van der Waals surface area (Å²) in [6.07, 6.45) is 1.59. The molecule has 0 saturated heterocycles. The molecule has 0 saturated carbocycles. The summed E-state index contributed by atoms with van der Waals surface area (Å²) in [6, 6.07) is 7.47. The number of carbonyl (C=O) groups is 1. The molecular weight excluding hydrogens is 358 g/mol. The van der Waals surface area contributed by atoms with Gasteiger partial charge in [-0.25, -0.2) is 0 Å². The van der Waals surface area contributed by atoms with Crippen molar-refractivity contribution in [2.45, 2.75) is 12.1 Å². The van der Waals surface area contributed by atoms with E-state index in [1.807, 2.05) is 20.0 Å². The number of benzene rings is 1. The Morgan fingerprint density at radius 2 is 2.04 bits per heavy atom. The van der Waals surface area contributed by atoms with E-state index in [0.717, 1.165) is 11.3 Å². The molecule has 0 spiro atoms. The Kier molecular flexibility index (Phi) is 5.03. The molecule has 3 rings (SSSR count). The van der Waals surface area contributed by atoms with Crippen LogP contribution < -0.4 is 5.32 Å². The zero-order valence-corrected chi connectivity index (χ0v) is 14.8. The highest BCUT2D eigenvalue weighted by atomic mass is 32.2. The number of aryl methyl sites for hydroxylation is 1. The zero-order valence-electron chi connectivity index (χ0n) is 14.0. The average Bonchev–Trinajstić information content (AvgIpc) is 3.19. The van der Waals surface area contributed by atoms with E-state index in [1.54, 1.807) is 10.8 Å². The molecule has 0 bridgehead atoms. The lowest BCUT2D eigenvalue weighted by Crippen LogP contribution is -2.14. The number of nitro groups is 1. The van der Waals surface area contributed by atoms with Gasteiger partial charge in [-0.1, -0.05) is 11.8 Å². The maximum atomic E-state index is 12.1. The molecule has 2 aromatic heterocycles. The Bertz CT molecular complexity index is 948. The first-order valence-corrected chi connectivity index (χ1v) is 8.55. The number of rotatable bonds is 6. The second kappa shape index (κ2) is 7.40. The first kappa shape index (κ1) is 17.7. The Morgan fingerprint density at radius 3 is 2.65 bits per heavy atom. The van der Waals surface area contributed by atoms with E-state index >= 15 is 0 Å². The van der Waals surface area contributed by atoms with Crippen molar-refractivity contribution in [1.29, 1.82) is 0 Å². The van der Waals surface area contributed by atoms with Crippen LogP contribution >= 0.6 is 11.8 Å². The number of hydrogen-bond donors (Lipinski definition) is 1. The predicted octanol–water partition coefficient (Wildman–Crippen LogP) is 3.02. The summed E-state index contributed by atoms with van der Waals surface area (Å²) in [6.45, 7) is 1.84. The standard InChI is InChI=1S/C16H15N5O4S/c1-10-13(7-8-25-10)15-18-19-16(20(15)2)26-9-14(22)17-11-3-5-12(6-4-11)21(23)24/h3-8H,9H2,1-2H3,(H,17,22). The SMILES string of the molecule is Cc1occc1-c1nnc(SCC(=O)Nc2ccc([N+](=O)[O-])cc2)n1C. The molecule has 0 fully saturated rings. The normalized spacial score (nSPS) is 10.7. The highest BCUT2D eigenvalue weighted by Gasteiger charge is 2.16. The number of nitrogens with zero attached hydrogens (tertiary/aromatic N) is 4. The number of nitro benzene ring substituents is 1. The number of aromatic nitrogens is 3. The van der Waals surface area contributed by atoms with Gasteiger partial charge in [-0.05, 0) is 25.1 Å². The van der Waals surface area contributed by atoms with E-state index in [-0.39, 0.29) is 17.3 Å². The zero-order chi connectivity index (χ0) is 18.7. The van der Waals surface area contributed by atoms with Gasteiger partial charge in [0.05, 0.1) is 22.5 Å². The Hall–Kier alpha value is -3.14. The Labute approximate surface area is 152 Å². The molecule has 0 atom stereocenters. The van der Waals surface area contributed by atoms with Gasteiger partial charge in [-0.3, -0.25) is 14.9 Å². The quantitative estimate of drug-likeness (QED) is 0.401. The van der Waals surface area contributed by atoms with Gasteiger partial charge in [0.2, 0.25) is 5.91 Å². The van der Waals surface area contributed by atoms with Crippen LogP contribution in [0.25, 0.3) is 11.4 Å². The van der Waals surface area contributed by atoms with Crippen LogP contribution in [0.2, 0.25) is 0 Å². The number of anilines is 1. The molecule has 1 amide bonds. The molecule has 0 unspecified atom stereocenters. The second-order valence-electron chi connectivity index (χ2n) is 5.40. The molecule has 0 radical (unpaired) electrons. The fourth-order valence-electron chi connectivity index (χ4n) is 2.29. The molecule has 0 aliphatic rings. The molecule has 1 aromatic carbocycles. The fourth-order valence-corrected chi connectivity index (χ4v) is 3.00. The molecule has 134 valence electrons. The molecule has 3 aromatic rings. The Balaban J connectivity index is 1.60. The van der Waals surface area contributed by atoms with Crippen molar-refractivity contribution in [1.82, 2.24) is 14.8 Å². The number of carbonyl (C=O) groups excluding carboxylic acids is 1. The maximum absolute atomic E-state index is 12.1. The number of hydrogen-bond acceptors (Lipinski definition) is 7. The van der Waals surface area contributed by atoms with E-state index in [1.165, 1.54) is 36.0 Å². The van der Waals surface area contributed by atoms with Crippen LogP contribution in [0.1, 0.15) is 5.76 Å². The number of thioether (sulfide) groups is 1. The predicted molar refractivity (Wildman–Crippen MR) is 95.9 cm³/mol. The van der Waals surface area contributed by atoms with Crippen LogP contribution in [0.3, 0.4) is 0 Å². The first-order chi connectivity index (χ1) is 12.5. The van der Waals surface area contributed by atoms with E-state index in [4.69, 9.17) is 4.42 Å². The van der Waals surface area contributed by atoms with Gasteiger partial charge < -0.3 is 14.3 Å². The number of amides is 1. The van der Waals surface area contributed by atoms with Gasteiger partial charge in [-0.15, -0.1) is 10.2 Å². The number of furan rings is 1. The van der Waals surface area contributed by atoms with Crippen molar-refractivity contribution in [3.8, 4) is 11.4 Å². The smallest absolute Gasteiger partial charge is 0.269 e. The van der Waals surface area contributed by atoms with Crippen LogP contribution in [0, 0.1) is 17.0 Å². The minimum absolute atomic E-state index is 0.0291.